The van der Waals surface area contributed by atoms with Gasteiger partial charge in [-0.25, -0.2) is 0 Å². The Morgan fingerprint density at radius 3 is 3.13 bits per heavy atom. The standard InChI is InChI=1S/C13H18O2/c1-9(14)15-12-8-10-5-7-13(12)6-3-2-4-11(10)13/h2-3,10-12H,4-8H2,1H3/t10-,11-,12-,13+/m1/s1. The van der Waals surface area contributed by atoms with E-state index in [1.54, 1.807) is 0 Å². The zero-order valence-electron chi connectivity index (χ0n) is 9.24. The van der Waals surface area contributed by atoms with Crippen molar-refractivity contribution in [1.82, 2.24) is 0 Å². The Kier molecular flexibility index (Phi) is 1.95. The van der Waals surface area contributed by atoms with Crippen molar-refractivity contribution in [2.75, 3.05) is 0 Å². The predicted molar refractivity (Wildman–Crippen MR) is 57.2 cm³/mol. The molecular weight excluding hydrogens is 188 g/mol. The van der Waals surface area contributed by atoms with E-state index in [-0.39, 0.29) is 12.1 Å². The molecule has 0 N–H and O–H groups in total. The molecule has 2 heteroatoms. The molecule has 82 valence electrons. The monoisotopic (exact) mass is 206 g/mol. The van der Waals surface area contributed by atoms with Gasteiger partial charge in [0.25, 0.3) is 0 Å². The first kappa shape index (κ1) is 9.44. The SMILES string of the molecule is CC(=O)O[C@@H]1C[C@H]2CC[C@]13CC=CC[C@H]23. The van der Waals surface area contributed by atoms with Crippen molar-refractivity contribution in [3.63, 3.8) is 0 Å². The molecule has 3 aliphatic rings. The summed E-state index contributed by atoms with van der Waals surface area (Å²) in [5.74, 6) is 1.52. The second-order valence-corrected chi connectivity index (χ2v) is 5.38. The average molecular weight is 206 g/mol. The molecule has 3 rings (SSSR count). The zero-order chi connectivity index (χ0) is 10.5. The normalized spacial score (nSPS) is 46.6. The molecule has 2 saturated carbocycles. The summed E-state index contributed by atoms with van der Waals surface area (Å²) in [6.07, 6.45) is 10.9. The molecule has 0 aromatic heterocycles. The van der Waals surface area contributed by atoms with Crippen LogP contribution in [-0.2, 0) is 9.53 Å². The Balaban J connectivity index is 1.88. The van der Waals surface area contributed by atoms with Crippen LogP contribution >= 0.6 is 0 Å². The van der Waals surface area contributed by atoms with Gasteiger partial charge in [-0.05, 0) is 43.9 Å². The number of hydrogen-bond acceptors (Lipinski definition) is 2. The minimum Gasteiger partial charge on any atom is -0.462 e. The Morgan fingerprint density at radius 1 is 1.47 bits per heavy atom. The number of esters is 1. The maximum Gasteiger partial charge on any atom is 0.302 e. The summed E-state index contributed by atoms with van der Waals surface area (Å²) >= 11 is 0. The smallest absolute Gasteiger partial charge is 0.302 e. The van der Waals surface area contributed by atoms with Crippen LogP contribution in [0, 0.1) is 17.3 Å². The summed E-state index contributed by atoms with van der Waals surface area (Å²) in [6, 6.07) is 0. The fourth-order valence-electron chi connectivity index (χ4n) is 4.23. The van der Waals surface area contributed by atoms with E-state index in [1.165, 1.54) is 26.2 Å². The lowest BCUT2D eigenvalue weighted by Crippen LogP contribution is -2.37. The van der Waals surface area contributed by atoms with Gasteiger partial charge in [-0.15, -0.1) is 0 Å². The van der Waals surface area contributed by atoms with E-state index in [9.17, 15) is 4.79 Å². The molecular formula is C13H18O2. The topological polar surface area (TPSA) is 26.3 Å². The summed E-state index contributed by atoms with van der Waals surface area (Å²) in [4.78, 5) is 11.1. The van der Waals surface area contributed by atoms with Gasteiger partial charge in [0.1, 0.15) is 6.10 Å². The lowest BCUT2D eigenvalue weighted by atomic mass is 9.70. The van der Waals surface area contributed by atoms with Gasteiger partial charge in [-0.1, -0.05) is 12.2 Å². The largest absolute Gasteiger partial charge is 0.462 e. The van der Waals surface area contributed by atoms with Crippen LogP contribution in [0.1, 0.15) is 39.0 Å². The van der Waals surface area contributed by atoms with Crippen molar-refractivity contribution in [1.29, 1.82) is 0 Å². The van der Waals surface area contributed by atoms with Gasteiger partial charge in [0, 0.05) is 12.3 Å². The molecule has 2 bridgehead atoms. The molecule has 3 aliphatic carbocycles. The van der Waals surface area contributed by atoms with Crippen LogP contribution in [0.5, 0.6) is 0 Å². The van der Waals surface area contributed by atoms with Crippen molar-refractivity contribution >= 4 is 5.97 Å². The molecule has 0 saturated heterocycles. The predicted octanol–water partition coefficient (Wildman–Crippen LogP) is 2.68. The maximum atomic E-state index is 11.1. The highest BCUT2D eigenvalue weighted by Crippen LogP contribution is 2.63. The van der Waals surface area contributed by atoms with Crippen LogP contribution in [0.15, 0.2) is 12.2 Å². The lowest BCUT2D eigenvalue weighted by Gasteiger charge is -2.38. The van der Waals surface area contributed by atoms with E-state index in [4.69, 9.17) is 4.74 Å². The molecule has 4 atom stereocenters. The quantitative estimate of drug-likeness (QED) is 0.487. The molecule has 0 heterocycles. The van der Waals surface area contributed by atoms with Crippen molar-refractivity contribution in [2.24, 2.45) is 17.3 Å². The number of carbonyl (C=O) groups is 1. The summed E-state index contributed by atoms with van der Waals surface area (Å²) in [5, 5.41) is 0. The molecule has 0 amide bonds. The van der Waals surface area contributed by atoms with E-state index in [1.807, 2.05) is 0 Å². The van der Waals surface area contributed by atoms with E-state index in [0.717, 1.165) is 24.7 Å². The Bertz CT molecular complexity index is 320. The van der Waals surface area contributed by atoms with Crippen LogP contribution in [0.3, 0.4) is 0 Å². The van der Waals surface area contributed by atoms with Crippen molar-refractivity contribution in [2.45, 2.75) is 45.1 Å². The minimum absolute atomic E-state index is 0.102. The minimum atomic E-state index is -0.102. The van der Waals surface area contributed by atoms with Gasteiger partial charge < -0.3 is 4.74 Å². The molecule has 0 aromatic carbocycles. The number of rotatable bonds is 1. The lowest BCUT2D eigenvalue weighted by molar-refractivity contribution is -0.153. The van der Waals surface area contributed by atoms with E-state index in [2.05, 4.69) is 12.2 Å². The van der Waals surface area contributed by atoms with Gasteiger partial charge in [0.15, 0.2) is 0 Å². The Morgan fingerprint density at radius 2 is 2.33 bits per heavy atom. The summed E-state index contributed by atoms with van der Waals surface area (Å²) in [5.41, 5.74) is 0.324. The van der Waals surface area contributed by atoms with Gasteiger partial charge in [0.05, 0.1) is 0 Å². The molecule has 0 aliphatic heterocycles. The van der Waals surface area contributed by atoms with Gasteiger partial charge in [-0.3, -0.25) is 4.79 Å². The molecule has 0 radical (unpaired) electrons. The second-order valence-electron chi connectivity index (χ2n) is 5.38. The third-order valence-corrected chi connectivity index (χ3v) is 4.81. The van der Waals surface area contributed by atoms with Crippen LogP contribution in [-0.4, -0.2) is 12.1 Å². The van der Waals surface area contributed by atoms with Gasteiger partial charge >= 0.3 is 5.97 Å². The third kappa shape index (κ3) is 1.20. The Hall–Kier alpha value is -0.790. The summed E-state index contributed by atoms with van der Waals surface area (Å²) in [6.45, 7) is 1.54. The summed E-state index contributed by atoms with van der Waals surface area (Å²) < 4.78 is 5.53. The first-order valence-corrected chi connectivity index (χ1v) is 6.04. The first-order chi connectivity index (χ1) is 7.22. The molecule has 2 fully saturated rings. The maximum absolute atomic E-state index is 11.1. The molecule has 2 nitrogen and oxygen atoms in total. The molecule has 0 spiro atoms. The van der Waals surface area contributed by atoms with Crippen molar-refractivity contribution in [3.8, 4) is 0 Å². The van der Waals surface area contributed by atoms with Gasteiger partial charge in [0.2, 0.25) is 0 Å². The highest BCUT2D eigenvalue weighted by molar-refractivity contribution is 5.66. The Labute approximate surface area is 90.7 Å². The first-order valence-electron chi connectivity index (χ1n) is 6.04. The highest BCUT2D eigenvalue weighted by atomic mass is 16.5. The molecule has 15 heavy (non-hydrogen) atoms. The van der Waals surface area contributed by atoms with Crippen LogP contribution in [0.25, 0.3) is 0 Å². The van der Waals surface area contributed by atoms with Crippen LogP contribution in [0.4, 0.5) is 0 Å². The second kappa shape index (κ2) is 3.10. The van der Waals surface area contributed by atoms with E-state index < -0.39 is 0 Å². The van der Waals surface area contributed by atoms with Crippen molar-refractivity contribution in [3.05, 3.63) is 12.2 Å². The fraction of sp³-hybridized carbons (Fsp3) is 0.769. The molecule has 0 aromatic rings. The zero-order valence-corrected chi connectivity index (χ0v) is 9.24. The van der Waals surface area contributed by atoms with Crippen LogP contribution < -0.4 is 0 Å². The average Bonchev–Trinajstić information content (AvgIpc) is 2.70. The summed E-state index contributed by atoms with van der Waals surface area (Å²) in [7, 11) is 0. The number of carbonyl (C=O) groups excluding carboxylic acids is 1. The third-order valence-electron chi connectivity index (χ3n) is 4.81. The molecule has 0 unspecified atom stereocenters. The van der Waals surface area contributed by atoms with E-state index in [0.29, 0.717) is 5.41 Å². The van der Waals surface area contributed by atoms with Gasteiger partial charge in [-0.2, -0.15) is 0 Å². The van der Waals surface area contributed by atoms with Crippen molar-refractivity contribution < 1.29 is 9.53 Å². The number of hydrogen-bond donors (Lipinski definition) is 0. The number of allylic oxidation sites excluding steroid dienone is 2. The number of ether oxygens (including phenoxy) is 1. The fourth-order valence-corrected chi connectivity index (χ4v) is 4.23. The highest BCUT2D eigenvalue weighted by Gasteiger charge is 2.60. The van der Waals surface area contributed by atoms with E-state index >= 15 is 0 Å². The van der Waals surface area contributed by atoms with Crippen LogP contribution in [0.2, 0.25) is 0 Å².